The summed E-state index contributed by atoms with van der Waals surface area (Å²) < 4.78 is 12.9. The third kappa shape index (κ3) is 3.27. The molecule has 84 valence electrons. The molecule has 1 N–H and O–H groups in total. The van der Waals surface area contributed by atoms with Gasteiger partial charge in [0.15, 0.2) is 11.4 Å². The molecule has 1 rings (SSSR count). The van der Waals surface area contributed by atoms with Crippen molar-refractivity contribution >= 4 is 45.8 Å². The Morgan fingerprint density at radius 1 is 1.50 bits per heavy atom. The average Bonchev–Trinajstić information content (AvgIpc) is 2.21. The van der Waals surface area contributed by atoms with Crippen molar-refractivity contribution in [1.82, 2.24) is 5.32 Å². The van der Waals surface area contributed by atoms with E-state index in [1.54, 1.807) is 12.4 Å². The van der Waals surface area contributed by atoms with E-state index in [9.17, 15) is 4.39 Å². The monoisotopic (exact) mass is 277 g/mol. The minimum absolute atomic E-state index is 0.0938. The van der Waals surface area contributed by atoms with Crippen molar-refractivity contribution in [2.45, 2.75) is 0 Å². The Kier molecular flexibility index (Phi) is 4.87. The Morgan fingerprint density at radius 3 is 2.50 bits per heavy atom. The topological polar surface area (TPSA) is 48.2 Å². The van der Waals surface area contributed by atoms with Gasteiger partial charge in [-0.25, -0.2) is 9.38 Å². The molecule has 0 heterocycles. The van der Waals surface area contributed by atoms with Gasteiger partial charge in [-0.1, -0.05) is 35.0 Å². The van der Waals surface area contributed by atoms with Gasteiger partial charge < -0.3 is 0 Å². The lowest BCUT2D eigenvalue weighted by Crippen LogP contribution is -2.12. The summed E-state index contributed by atoms with van der Waals surface area (Å²) in [5, 5.41) is 11.3. The molecule has 7 heteroatoms. The van der Waals surface area contributed by atoms with E-state index in [4.69, 9.17) is 28.5 Å². The molecule has 0 atom stereocenters. The van der Waals surface area contributed by atoms with Gasteiger partial charge in [0, 0.05) is 0 Å². The molecule has 0 amide bonds. The molecule has 0 radical (unpaired) electrons. The summed E-state index contributed by atoms with van der Waals surface area (Å²) in [6.07, 6.45) is 3.46. The Labute approximate surface area is 106 Å². The Balaban J connectivity index is 3.19. The van der Waals surface area contributed by atoms with E-state index in [0.29, 0.717) is 5.17 Å². The number of halogens is 3. The first kappa shape index (κ1) is 13.1. The van der Waals surface area contributed by atoms with Crippen LogP contribution in [-0.4, -0.2) is 11.4 Å². The fraction of sp³-hybridized carbons (Fsp3) is 0.111. The first-order valence-corrected chi connectivity index (χ1v) is 5.99. The van der Waals surface area contributed by atoms with Crippen LogP contribution in [0.3, 0.4) is 0 Å². The summed E-state index contributed by atoms with van der Waals surface area (Å²) >= 11 is 12.8. The van der Waals surface area contributed by atoms with Crippen LogP contribution in [0.2, 0.25) is 10.0 Å². The van der Waals surface area contributed by atoms with Crippen LogP contribution in [0.1, 0.15) is 0 Å². The van der Waals surface area contributed by atoms with Crippen LogP contribution in [-0.2, 0) is 0 Å². The summed E-state index contributed by atoms with van der Waals surface area (Å²) in [5.41, 5.74) is 0.233. The van der Waals surface area contributed by atoms with Gasteiger partial charge in [-0.05, 0) is 18.4 Å². The first-order chi connectivity index (χ1) is 7.58. The number of rotatable bonds is 1. The summed E-state index contributed by atoms with van der Waals surface area (Å²) in [6, 6.07) is 2.22. The molecule has 0 aliphatic rings. The van der Waals surface area contributed by atoms with Crippen molar-refractivity contribution in [3.05, 3.63) is 28.0 Å². The van der Waals surface area contributed by atoms with Crippen LogP contribution in [0.4, 0.5) is 10.1 Å². The zero-order chi connectivity index (χ0) is 12.1. The molecule has 0 saturated carbocycles. The number of hydrogen-bond donors (Lipinski definition) is 1. The van der Waals surface area contributed by atoms with Crippen molar-refractivity contribution < 1.29 is 4.39 Å². The lowest BCUT2D eigenvalue weighted by atomic mass is 10.3. The van der Waals surface area contributed by atoms with Crippen molar-refractivity contribution in [3.63, 3.8) is 0 Å². The predicted octanol–water partition coefficient (Wildman–Crippen LogP) is 3.55. The Morgan fingerprint density at radius 2 is 2.06 bits per heavy atom. The second-order valence-electron chi connectivity index (χ2n) is 2.58. The highest BCUT2D eigenvalue weighted by atomic mass is 35.5. The van der Waals surface area contributed by atoms with Crippen LogP contribution in [0.15, 0.2) is 17.1 Å². The smallest absolute Gasteiger partial charge is 0.183 e. The SMILES string of the molecule is CSC(=Nc1c(Cl)cc(F)cc1Cl)NC#N. The molecule has 0 aromatic heterocycles. The molecule has 16 heavy (non-hydrogen) atoms. The van der Waals surface area contributed by atoms with E-state index >= 15 is 0 Å². The van der Waals surface area contributed by atoms with Crippen LogP contribution in [0.5, 0.6) is 0 Å². The maximum Gasteiger partial charge on any atom is 0.183 e. The fourth-order valence-electron chi connectivity index (χ4n) is 0.915. The maximum atomic E-state index is 12.9. The standard InChI is InChI=1S/C9H6Cl2FN3S/c1-16-9(14-4-13)15-8-6(10)2-5(12)3-7(8)11/h2-3H,1H3,(H,14,15). The number of hydrogen-bond acceptors (Lipinski definition) is 3. The second kappa shape index (κ2) is 5.94. The van der Waals surface area contributed by atoms with Gasteiger partial charge in [0.25, 0.3) is 0 Å². The maximum absolute atomic E-state index is 12.9. The summed E-state index contributed by atoms with van der Waals surface area (Å²) in [7, 11) is 0. The third-order valence-corrected chi connectivity index (χ3v) is 2.71. The van der Waals surface area contributed by atoms with Gasteiger partial charge in [0.05, 0.1) is 10.0 Å². The second-order valence-corrected chi connectivity index (χ2v) is 4.19. The molecule has 0 aliphatic carbocycles. The Bertz CT molecular complexity index is 447. The highest BCUT2D eigenvalue weighted by Gasteiger charge is 2.08. The molecule has 0 bridgehead atoms. The van der Waals surface area contributed by atoms with Gasteiger partial charge >= 0.3 is 0 Å². The molecular formula is C9H6Cl2FN3S. The number of thioether (sulfide) groups is 1. The van der Waals surface area contributed by atoms with Gasteiger partial charge in [-0.2, -0.15) is 5.26 Å². The molecule has 0 aliphatic heterocycles. The van der Waals surface area contributed by atoms with E-state index in [1.807, 2.05) is 0 Å². The van der Waals surface area contributed by atoms with Crippen LogP contribution in [0, 0.1) is 17.3 Å². The fourth-order valence-corrected chi connectivity index (χ4v) is 1.79. The van der Waals surface area contributed by atoms with E-state index in [0.717, 1.165) is 12.1 Å². The quantitative estimate of drug-likeness (QED) is 0.370. The van der Waals surface area contributed by atoms with Crippen molar-refractivity contribution in [2.24, 2.45) is 4.99 Å². The Hall–Kier alpha value is -0.960. The molecule has 0 unspecified atom stereocenters. The highest BCUT2D eigenvalue weighted by molar-refractivity contribution is 8.13. The van der Waals surface area contributed by atoms with Gasteiger partial charge in [0.1, 0.15) is 11.5 Å². The average molecular weight is 278 g/mol. The number of benzene rings is 1. The number of nitrogens with one attached hydrogen (secondary N) is 1. The number of nitrogens with zero attached hydrogens (tertiary/aromatic N) is 2. The zero-order valence-corrected chi connectivity index (χ0v) is 10.4. The van der Waals surface area contributed by atoms with Crippen molar-refractivity contribution in [1.29, 1.82) is 5.26 Å². The normalized spacial score (nSPS) is 11.1. The summed E-state index contributed by atoms with van der Waals surface area (Å²) in [4.78, 5) is 4.02. The number of amidine groups is 1. The lowest BCUT2D eigenvalue weighted by molar-refractivity contribution is 0.628. The molecule has 0 spiro atoms. The van der Waals surface area contributed by atoms with Gasteiger partial charge in [-0.3, -0.25) is 5.32 Å². The van der Waals surface area contributed by atoms with E-state index in [2.05, 4.69) is 10.3 Å². The van der Waals surface area contributed by atoms with Gasteiger partial charge in [0.2, 0.25) is 0 Å². The number of aliphatic imine (C=N–C) groups is 1. The molecular weight excluding hydrogens is 272 g/mol. The lowest BCUT2D eigenvalue weighted by Gasteiger charge is -2.04. The minimum Gasteiger partial charge on any atom is -0.271 e. The summed E-state index contributed by atoms with van der Waals surface area (Å²) in [5.74, 6) is -0.534. The molecule has 1 aromatic carbocycles. The molecule has 0 saturated heterocycles. The largest absolute Gasteiger partial charge is 0.271 e. The van der Waals surface area contributed by atoms with E-state index in [-0.39, 0.29) is 15.7 Å². The zero-order valence-electron chi connectivity index (χ0n) is 8.09. The van der Waals surface area contributed by atoms with Crippen LogP contribution >= 0.6 is 35.0 Å². The predicted molar refractivity (Wildman–Crippen MR) is 65.8 cm³/mol. The molecule has 0 fully saturated rings. The minimum atomic E-state index is -0.534. The van der Waals surface area contributed by atoms with Crippen molar-refractivity contribution in [3.8, 4) is 6.19 Å². The van der Waals surface area contributed by atoms with Crippen LogP contribution in [0.25, 0.3) is 0 Å². The number of nitriles is 1. The summed E-state index contributed by atoms with van der Waals surface area (Å²) in [6.45, 7) is 0. The third-order valence-electron chi connectivity index (χ3n) is 1.55. The van der Waals surface area contributed by atoms with Gasteiger partial charge in [-0.15, -0.1) is 0 Å². The highest BCUT2D eigenvalue weighted by Crippen LogP contribution is 2.34. The van der Waals surface area contributed by atoms with Crippen LogP contribution < -0.4 is 5.32 Å². The van der Waals surface area contributed by atoms with E-state index in [1.165, 1.54) is 11.8 Å². The van der Waals surface area contributed by atoms with Crippen molar-refractivity contribution in [2.75, 3.05) is 6.26 Å². The first-order valence-electron chi connectivity index (χ1n) is 4.00. The van der Waals surface area contributed by atoms with E-state index < -0.39 is 5.82 Å². The molecule has 3 nitrogen and oxygen atoms in total. The molecule has 1 aromatic rings.